The van der Waals surface area contributed by atoms with Gasteiger partial charge in [0.25, 0.3) is 0 Å². The van der Waals surface area contributed by atoms with E-state index >= 15 is 0 Å². The third kappa shape index (κ3) is 4.98. The molecule has 0 unspecified atom stereocenters. The molecule has 3 rings (SSSR count). The lowest BCUT2D eigenvalue weighted by Gasteiger charge is -2.19. The van der Waals surface area contributed by atoms with Crippen LogP contribution in [0.3, 0.4) is 0 Å². The van der Waals surface area contributed by atoms with Crippen molar-refractivity contribution in [2.45, 2.75) is 13.0 Å². The Kier molecular flexibility index (Phi) is 5.93. The number of hydrogen-bond donors (Lipinski definition) is 1. The van der Waals surface area contributed by atoms with Gasteiger partial charge in [0, 0.05) is 25.2 Å². The second kappa shape index (κ2) is 8.55. The standard InChI is InChI=1S/C20H21FN2O2/c21-18-8-4-7-17(13-18)20-22-19(15-25-20)14-23(11-12-24)10-9-16-5-2-1-3-6-16/h1-8,13,15,24H,9-12,14H2. The van der Waals surface area contributed by atoms with E-state index in [-0.39, 0.29) is 12.4 Å². The summed E-state index contributed by atoms with van der Waals surface area (Å²) in [6.07, 6.45) is 2.49. The number of hydrogen-bond acceptors (Lipinski definition) is 4. The highest BCUT2D eigenvalue weighted by Gasteiger charge is 2.11. The minimum Gasteiger partial charge on any atom is -0.444 e. The van der Waals surface area contributed by atoms with Crippen LogP contribution in [0, 0.1) is 5.82 Å². The summed E-state index contributed by atoms with van der Waals surface area (Å²) in [7, 11) is 0. The van der Waals surface area contributed by atoms with Crippen molar-refractivity contribution in [3.05, 3.63) is 77.9 Å². The summed E-state index contributed by atoms with van der Waals surface area (Å²) in [6.45, 7) is 2.04. The van der Waals surface area contributed by atoms with E-state index in [4.69, 9.17) is 4.42 Å². The molecular weight excluding hydrogens is 319 g/mol. The van der Waals surface area contributed by atoms with Crippen molar-refractivity contribution in [2.75, 3.05) is 19.7 Å². The van der Waals surface area contributed by atoms with Gasteiger partial charge in [-0.25, -0.2) is 9.37 Å². The van der Waals surface area contributed by atoms with E-state index in [9.17, 15) is 9.50 Å². The second-order valence-electron chi connectivity index (χ2n) is 5.89. The molecule has 130 valence electrons. The fourth-order valence-electron chi connectivity index (χ4n) is 2.71. The van der Waals surface area contributed by atoms with Gasteiger partial charge >= 0.3 is 0 Å². The van der Waals surface area contributed by atoms with E-state index in [1.54, 1.807) is 18.4 Å². The Balaban J connectivity index is 1.64. The van der Waals surface area contributed by atoms with Crippen LogP contribution >= 0.6 is 0 Å². The van der Waals surface area contributed by atoms with Crippen molar-refractivity contribution in [1.82, 2.24) is 9.88 Å². The molecule has 0 amide bonds. The lowest BCUT2D eigenvalue weighted by Crippen LogP contribution is -2.28. The highest BCUT2D eigenvalue weighted by molar-refractivity contribution is 5.52. The Morgan fingerprint density at radius 3 is 2.64 bits per heavy atom. The quantitative estimate of drug-likeness (QED) is 0.682. The average Bonchev–Trinajstić information content (AvgIpc) is 3.09. The Morgan fingerprint density at radius 1 is 1.04 bits per heavy atom. The van der Waals surface area contributed by atoms with Gasteiger partial charge < -0.3 is 9.52 Å². The van der Waals surface area contributed by atoms with Gasteiger partial charge in [-0.15, -0.1) is 0 Å². The minimum atomic E-state index is -0.318. The minimum absolute atomic E-state index is 0.0867. The van der Waals surface area contributed by atoms with Gasteiger partial charge in [0.1, 0.15) is 12.1 Å². The van der Waals surface area contributed by atoms with Crippen molar-refractivity contribution in [2.24, 2.45) is 0 Å². The Bertz CT molecular complexity index is 789. The number of oxazole rings is 1. The Morgan fingerprint density at radius 2 is 1.88 bits per heavy atom. The molecule has 1 N–H and O–H groups in total. The van der Waals surface area contributed by atoms with E-state index in [0.717, 1.165) is 18.7 Å². The smallest absolute Gasteiger partial charge is 0.226 e. The number of aromatic nitrogens is 1. The summed E-state index contributed by atoms with van der Waals surface area (Å²) in [4.78, 5) is 6.57. The van der Waals surface area contributed by atoms with Crippen LogP contribution in [0.2, 0.25) is 0 Å². The molecule has 0 aliphatic carbocycles. The molecule has 0 aliphatic rings. The van der Waals surface area contributed by atoms with Crippen molar-refractivity contribution in [1.29, 1.82) is 0 Å². The number of nitrogens with zero attached hydrogens (tertiary/aromatic N) is 2. The molecule has 0 saturated carbocycles. The predicted molar refractivity (Wildman–Crippen MR) is 94.4 cm³/mol. The van der Waals surface area contributed by atoms with Gasteiger partial charge in [0.2, 0.25) is 5.89 Å². The molecule has 0 radical (unpaired) electrons. The first-order chi connectivity index (χ1) is 12.2. The lowest BCUT2D eigenvalue weighted by atomic mass is 10.1. The van der Waals surface area contributed by atoms with E-state index in [1.807, 2.05) is 18.2 Å². The van der Waals surface area contributed by atoms with Crippen LogP contribution in [0.4, 0.5) is 4.39 Å². The highest BCUT2D eigenvalue weighted by Crippen LogP contribution is 2.20. The summed E-state index contributed by atoms with van der Waals surface area (Å²) in [5, 5.41) is 9.30. The molecule has 0 spiro atoms. The summed E-state index contributed by atoms with van der Waals surface area (Å²) in [5.74, 6) is 0.0866. The van der Waals surface area contributed by atoms with Gasteiger partial charge in [0.05, 0.1) is 12.3 Å². The second-order valence-corrected chi connectivity index (χ2v) is 5.89. The van der Waals surface area contributed by atoms with Gasteiger partial charge in [-0.3, -0.25) is 4.90 Å². The maximum atomic E-state index is 13.3. The number of rotatable bonds is 8. The number of aliphatic hydroxyl groups is 1. The fourth-order valence-corrected chi connectivity index (χ4v) is 2.71. The molecule has 0 atom stereocenters. The molecular formula is C20H21FN2O2. The van der Waals surface area contributed by atoms with E-state index in [2.05, 4.69) is 22.0 Å². The summed E-state index contributed by atoms with van der Waals surface area (Å²) in [6, 6.07) is 16.4. The molecule has 3 aromatic rings. The van der Waals surface area contributed by atoms with Gasteiger partial charge in [-0.1, -0.05) is 36.4 Å². The van der Waals surface area contributed by atoms with Gasteiger partial charge in [0.15, 0.2) is 0 Å². The molecule has 1 heterocycles. The molecule has 0 saturated heterocycles. The van der Waals surface area contributed by atoms with Crippen LogP contribution in [0.15, 0.2) is 65.3 Å². The fraction of sp³-hybridized carbons (Fsp3) is 0.250. The zero-order valence-electron chi connectivity index (χ0n) is 13.9. The lowest BCUT2D eigenvalue weighted by molar-refractivity contribution is 0.190. The SMILES string of the molecule is OCCN(CCc1ccccc1)Cc1coc(-c2cccc(F)c2)n1. The van der Waals surface area contributed by atoms with Crippen LogP contribution in [0.1, 0.15) is 11.3 Å². The molecule has 0 bridgehead atoms. The zero-order valence-corrected chi connectivity index (χ0v) is 13.9. The van der Waals surface area contributed by atoms with Crippen LogP contribution in [0.25, 0.3) is 11.5 Å². The van der Waals surface area contributed by atoms with E-state index < -0.39 is 0 Å². The maximum absolute atomic E-state index is 13.3. The van der Waals surface area contributed by atoms with Crippen molar-refractivity contribution in [3.8, 4) is 11.5 Å². The first-order valence-corrected chi connectivity index (χ1v) is 8.32. The molecule has 25 heavy (non-hydrogen) atoms. The van der Waals surface area contributed by atoms with Crippen molar-refractivity contribution in [3.63, 3.8) is 0 Å². The molecule has 1 aromatic heterocycles. The molecule has 2 aromatic carbocycles. The van der Waals surface area contributed by atoms with Crippen LogP contribution in [0.5, 0.6) is 0 Å². The largest absolute Gasteiger partial charge is 0.444 e. The molecule has 0 fully saturated rings. The van der Waals surface area contributed by atoms with E-state index in [0.29, 0.717) is 24.5 Å². The first-order valence-electron chi connectivity index (χ1n) is 8.32. The Labute approximate surface area is 146 Å². The predicted octanol–water partition coefficient (Wildman–Crippen LogP) is 3.52. The number of halogens is 1. The van der Waals surface area contributed by atoms with E-state index in [1.165, 1.54) is 17.7 Å². The number of benzene rings is 2. The van der Waals surface area contributed by atoms with Crippen molar-refractivity contribution < 1.29 is 13.9 Å². The third-order valence-corrected chi connectivity index (χ3v) is 3.98. The topological polar surface area (TPSA) is 49.5 Å². The maximum Gasteiger partial charge on any atom is 0.226 e. The van der Waals surface area contributed by atoms with Gasteiger partial charge in [-0.2, -0.15) is 0 Å². The number of aliphatic hydroxyl groups excluding tert-OH is 1. The zero-order chi connectivity index (χ0) is 17.5. The normalized spacial score (nSPS) is 11.2. The summed E-state index contributed by atoms with van der Waals surface area (Å²) >= 11 is 0. The molecule has 4 nitrogen and oxygen atoms in total. The van der Waals surface area contributed by atoms with Crippen LogP contribution in [-0.2, 0) is 13.0 Å². The highest BCUT2D eigenvalue weighted by atomic mass is 19.1. The summed E-state index contributed by atoms with van der Waals surface area (Å²) in [5.41, 5.74) is 2.64. The third-order valence-electron chi connectivity index (χ3n) is 3.98. The monoisotopic (exact) mass is 340 g/mol. The molecule has 5 heteroatoms. The Hall–Kier alpha value is -2.50. The van der Waals surface area contributed by atoms with Gasteiger partial charge in [-0.05, 0) is 30.2 Å². The average molecular weight is 340 g/mol. The first kappa shape index (κ1) is 17.3. The molecule has 0 aliphatic heterocycles. The summed E-state index contributed by atoms with van der Waals surface area (Å²) < 4.78 is 18.8. The van der Waals surface area contributed by atoms with Crippen LogP contribution in [-0.4, -0.2) is 34.7 Å². The van der Waals surface area contributed by atoms with Crippen LogP contribution < -0.4 is 0 Å². The van der Waals surface area contributed by atoms with Crippen molar-refractivity contribution >= 4 is 0 Å².